The minimum absolute atomic E-state index is 0.711. The zero-order valence-corrected chi connectivity index (χ0v) is 7.95. The smallest absolute Gasteiger partial charge is 0.00991 e. The Labute approximate surface area is 80.3 Å². The van der Waals surface area contributed by atoms with Crippen LogP contribution in [0.15, 0.2) is 43.0 Å². The molecule has 0 spiro atoms. The van der Waals surface area contributed by atoms with Gasteiger partial charge < -0.3 is 0 Å². The van der Waals surface area contributed by atoms with Crippen LogP contribution < -0.4 is 0 Å². The van der Waals surface area contributed by atoms with Gasteiger partial charge in [0.2, 0.25) is 0 Å². The SMILES string of the molecule is C=C[C@@H]1CCC[C@H]1c1ccccc1. The number of hydrogen-bond acceptors (Lipinski definition) is 0. The predicted molar refractivity (Wildman–Crippen MR) is 56.7 cm³/mol. The molecule has 1 aliphatic rings. The highest BCUT2D eigenvalue weighted by atomic mass is 14.3. The second-order valence-corrected chi connectivity index (χ2v) is 3.85. The van der Waals surface area contributed by atoms with Crippen LogP contribution in [0, 0.1) is 5.92 Å². The summed E-state index contributed by atoms with van der Waals surface area (Å²) in [4.78, 5) is 0. The summed E-state index contributed by atoms with van der Waals surface area (Å²) < 4.78 is 0. The lowest BCUT2D eigenvalue weighted by molar-refractivity contribution is 0.592. The molecule has 13 heavy (non-hydrogen) atoms. The van der Waals surface area contributed by atoms with Gasteiger partial charge in [-0.15, -0.1) is 6.58 Å². The lowest BCUT2D eigenvalue weighted by atomic mass is 9.89. The fourth-order valence-electron chi connectivity index (χ4n) is 2.38. The zero-order valence-electron chi connectivity index (χ0n) is 7.95. The van der Waals surface area contributed by atoms with E-state index in [0.717, 1.165) is 5.92 Å². The van der Waals surface area contributed by atoms with E-state index in [9.17, 15) is 0 Å². The van der Waals surface area contributed by atoms with Crippen LogP contribution in [0.3, 0.4) is 0 Å². The maximum absolute atomic E-state index is 3.92. The molecule has 1 aliphatic carbocycles. The molecule has 2 atom stereocenters. The average molecular weight is 172 g/mol. The van der Waals surface area contributed by atoms with E-state index in [-0.39, 0.29) is 0 Å². The van der Waals surface area contributed by atoms with Gasteiger partial charge in [-0.2, -0.15) is 0 Å². The van der Waals surface area contributed by atoms with Crippen molar-refractivity contribution in [3.05, 3.63) is 48.6 Å². The molecule has 0 radical (unpaired) electrons. The van der Waals surface area contributed by atoms with Crippen molar-refractivity contribution in [2.75, 3.05) is 0 Å². The highest BCUT2D eigenvalue weighted by Crippen LogP contribution is 2.39. The number of allylic oxidation sites excluding steroid dienone is 1. The normalized spacial score (nSPS) is 27.4. The summed E-state index contributed by atoms with van der Waals surface area (Å²) in [7, 11) is 0. The topological polar surface area (TPSA) is 0 Å². The largest absolute Gasteiger partial charge is 0.103 e. The van der Waals surface area contributed by atoms with Gasteiger partial charge in [0.25, 0.3) is 0 Å². The van der Waals surface area contributed by atoms with Crippen molar-refractivity contribution in [3.8, 4) is 0 Å². The van der Waals surface area contributed by atoms with Crippen LogP contribution in [0.2, 0.25) is 0 Å². The van der Waals surface area contributed by atoms with E-state index >= 15 is 0 Å². The van der Waals surface area contributed by atoms with Crippen LogP contribution in [-0.2, 0) is 0 Å². The third-order valence-electron chi connectivity index (χ3n) is 3.10. The summed E-state index contributed by atoms with van der Waals surface area (Å²) in [6.45, 7) is 3.92. The molecular formula is C13H16. The van der Waals surface area contributed by atoms with E-state index in [1.165, 1.54) is 24.8 Å². The van der Waals surface area contributed by atoms with Gasteiger partial charge in [0.1, 0.15) is 0 Å². The molecule has 1 fully saturated rings. The minimum atomic E-state index is 0.711. The van der Waals surface area contributed by atoms with E-state index in [1.54, 1.807) is 0 Å². The zero-order chi connectivity index (χ0) is 9.10. The Bertz CT molecular complexity index is 273. The fraction of sp³-hybridized carbons (Fsp3) is 0.385. The number of benzene rings is 1. The molecule has 1 aromatic rings. The van der Waals surface area contributed by atoms with Crippen LogP contribution in [0.25, 0.3) is 0 Å². The van der Waals surface area contributed by atoms with Crippen molar-refractivity contribution in [1.29, 1.82) is 0 Å². The number of rotatable bonds is 2. The first-order chi connectivity index (χ1) is 6.42. The van der Waals surface area contributed by atoms with Gasteiger partial charge in [-0.05, 0) is 30.2 Å². The monoisotopic (exact) mass is 172 g/mol. The fourth-order valence-corrected chi connectivity index (χ4v) is 2.38. The van der Waals surface area contributed by atoms with Crippen LogP contribution >= 0.6 is 0 Å². The van der Waals surface area contributed by atoms with Gasteiger partial charge in [-0.3, -0.25) is 0 Å². The van der Waals surface area contributed by atoms with Crippen molar-refractivity contribution >= 4 is 0 Å². The molecule has 1 saturated carbocycles. The molecule has 68 valence electrons. The van der Waals surface area contributed by atoms with Gasteiger partial charge in [0.05, 0.1) is 0 Å². The van der Waals surface area contributed by atoms with Crippen molar-refractivity contribution in [1.82, 2.24) is 0 Å². The van der Waals surface area contributed by atoms with Crippen LogP contribution in [0.1, 0.15) is 30.7 Å². The Morgan fingerprint density at radius 1 is 1.15 bits per heavy atom. The van der Waals surface area contributed by atoms with E-state index in [1.807, 2.05) is 0 Å². The Hall–Kier alpha value is -1.04. The first kappa shape index (κ1) is 8.55. The average Bonchev–Trinajstić information content (AvgIpc) is 2.67. The maximum atomic E-state index is 3.92. The highest BCUT2D eigenvalue weighted by molar-refractivity contribution is 5.22. The molecule has 0 N–H and O–H groups in total. The maximum Gasteiger partial charge on any atom is -0.00991 e. The van der Waals surface area contributed by atoms with Gasteiger partial charge in [-0.25, -0.2) is 0 Å². The predicted octanol–water partition coefficient (Wildman–Crippen LogP) is 3.76. The van der Waals surface area contributed by atoms with Crippen molar-refractivity contribution in [2.24, 2.45) is 5.92 Å². The molecule has 0 unspecified atom stereocenters. The van der Waals surface area contributed by atoms with Crippen LogP contribution in [0.4, 0.5) is 0 Å². The molecular weight excluding hydrogens is 156 g/mol. The summed E-state index contributed by atoms with van der Waals surface area (Å²) in [5, 5.41) is 0. The van der Waals surface area contributed by atoms with E-state index < -0.39 is 0 Å². The lowest BCUT2D eigenvalue weighted by Crippen LogP contribution is -2.02. The van der Waals surface area contributed by atoms with Gasteiger partial charge in [0.15, 0.2) is 0 Å². The molecule has 0 amide bonds. The number of hydrogen-bond donors (Lipinski definition) is 0. The first-order valence-corrected chi connectivity index (χ1v) is 5.09. The molecule has 0 heterocycles. The summed E-state index contributed by atoms with van der Waals surface area (Å²) in [6, 6.07) is 10.8. The van der Waals surface area contributed by atoms with Gasteiger partial charge in [0, 0.05) is 0 Å². The van der Waals surface area contributed by atoms with Crippen molar-refractivity contribution in [3.63, 3.8) is 0 Å². The second kappa shape index (κ2) is 3.78. The third-order valence-corrected chi connectivity index (χ3v) is 3.10. The standard InChI is InChI=1S/C13H16/c1-2-11-9-6-10-13(11)12-7-4-3-5-8-12/h2-5,7-8,11,13H,1,6,9-10H2/t11-,13-/m1/s1. The lowest BCUT2D eigenvalue weighted by Gasteiger charge is -2.15. The summed E-state index contributed by atoms with van der Waals surface area (Å²) in [6.07, 6.45) is 6.14. The van der Waals surface area contributed by atoms with Crippen LogP contribution in [-0.4, -0.2) is 0 Å². The van der Waals surface area contributed by atoms with Crippen molar-refractivity contribution < 1.29 is 0 Å². The second-order valence-electron chi connectivity index (χ2n) is 3.85. The van der Waals surface area contributed by atoms with E-state index in [4.69, 9.17) is 0 Å². The van der Waals surface area contributed by atoms with Gasteiger partial charge >= 0.3 is 0 Å². The summed E-state index contributed by atoms with van der Waals surface area (Å²) >= 11 is 0. The molecule has 1 aromatic carbocycles. The highest BCUT2D eigenvalue weighted by Gasteiger charge is 2.25. The van der Waals surface area contributed by atoms with Gasteiger partial charge in [-0.1, -0.05) is 42.8 Å². The Kier molecular flexibility index (Phi) is 2.49. The molecule has 0 saturated heterocycles. The Morgan fingerprint density at radius 3 is 2.62 bits per heavy atom. The first-order valence-electron chi connectivity index (χ1n) is 5.09. The molecule has 0 aromatic heterocycles. The molecule has 0 nitrogen and oxygen atoms in total. The summed E-state index contributed by atoms with van der Waals surface area (Å²) in [5.74, 6) is 1.45. The van der Waals surface area contributed by atoms with Crippen molar-refractivity contribution in [2.45, 2.75) is 25.2 Å². The third kappa shape index (κ3) is 1.67. The Balaban J connectivity index is 2.21. The molecule has 0 aliphatic heterocycles. The minimum Gasteiger partial charge on any atom is -0.103 e. The van der Waals surface area contributed by atoms with Crippen LogP contribution in [0.5, 0.6) is 0 Å². The molecule has 2 rings (SSSR count). The summed E-state index contributed by atoms with van der Waals surface area (Å²) in [5.41, 5.74) is 1.49. The van der Waals surface area contributed by atoms with E-state index in [0.29, 0.717) is 5.92 Å². The molecule has 0 bridgehead atoms. The molecule has 0 heteroatoms. The van der Waals surface area contributed by atoms with E-state index in [2.05, 4.69) is 43.0 Å². The quantitative estimate of drug-likeness (QED) is 0.596. The Morgan fingerprint density at radius 2 is 1.92 bits per heavy atom.